The zero-order chi connectivity index (χ0) is 21.1. The largest absolute Gasteiger partial charge is 0.465 e. The molecule has 1 aromatic carbocycles. The third-order valence-corrected chi connectivity index (χ3v) is 5.89. The highest BCUT2D eigenvalue weighted by Crippen LogP contribution is 2.28. The molecule has 0 amide bonds. The smallest absolute Gasteiger partial charge is 0.339 e. The predicted molar refractivity (Wildman–Crippen MR) is 112 cm³/mol. The Bertz CT molecular complexity index is 1040. The van der Waals surface area contributed by atoms with E-state index in [0.29, 0.717) is 34.2 Å². The van der Waals surface area contributed by atoms with Crippen LogP contribution in [0.15, 0.2) is 35.5 Å². The minimum absolute atomic E-state index is 0.0994. The van der Waals surface area contributed by atoms with Crippen molar-refractivity contribution in [3.05, 3.63) is 64.2 Å². The number of hydrogen-bond donors (Lipinski definition) is 1. The van der Waals surface area contributed by atoms with Crippen LogP contribution >= 0.6 is 11.8 Å². The maximum absolute atomic E-state index is 13.1. The fraction of sp³-hybridized carbons (Fsp3) is 0.333. The van der Waals surface area contributed by atoms with Crippen LogP contribution in [-0.4, -0.2) is 43.9 Å². The Kier molecular flexibility index (Phi) is 6.22. The van der Waals surface area contributed by atoms with Gasteiger partial charge in [0.2, 0.25) is 0 Å². The van der Waals surface area contributed by atoms with Crippen molar-refractivity contribution in [3.63, 3.8) is 0 Å². The summed E-state index contributed by atoms with van der Waals surface area (Å²) in [6, 6.07) is 10.0. The molecule has 0 saturated carbocycles. The molecule has 0 saturated heterocycles. The zero-order valence-corrected chi connectivity index (χ0v) is 18.0. The van der Waals surface area contributed by atoms with Gasteiger partial charge < -0.3 is 14.3 Å². The fourth-order valence-electron chi connectivity index (χ4n) is 3.22. The van der Waals surface area contributed by atoms with Crippen molar-refractivity contribution in [3.8, 4) is 0 Å². The lowest BCUT2D eigenvalue weighted by atomic mass is 10.1. The quantitative estimate of drug-likeness (QED) is 0.361. The van der Waals surface area contributed by atoms with Crippen molar-refractivity contribution in [1.82, 2.24) is 19.7 Å². The fourth-order valence-corrected chi connectivity index (χ4v) is 4.17. The Morgan fingerprint density at radius 2 is 1.86 bits per heavy atom. The van der Waals surface area contributed by atoms with Crippen molar-refractivity contribution in [2.45, 2.75) is 44.6 Å². The van der Waals surface area contributed by atoms with Crippen molar-refractivity contribution < 1.29 is 14.3 Å². The number of carbonyl (C=O) groups is 2. The van der Waals surface area contributed by atoms with Gasteiger partial charge in [0.1, 0.15) is 5.82 Å². The van der Waals surface area contributed by atoms with Gasteiger partial charge in [-0.25, -0.2) is 4.79 Å². The number of nitrogens with zero attached hydrogens (tertiary/aromatic N) is 3. The highest BCUT2D eigenvalue weighted by atomic mass is 32.2. The minimum atomic E-state index is -0.450. The number of ether oxygens (including phenoxy) is 1. The molecular weight excluding hydrogens is 388 g/mol. The second kappa shape index (κ2) is 8.65. The van der Waals surface area contributed by atoms with Gasteiger partial charge in [-0.3, -0.25) is 4.79 Å². The molecule has 29 heavy (non-hydrogen) atoms. The Balaban J connectivity index is 1.82. The van der Waals surface area contributed by atoms with E-state index >= 15 is 0 Å². The Hall–Kier alpha value is -2.87. The lowest BCUT2D eigenvalue weighted by Gasteiger charge is -2.12. The SMILES string of the molecule is COC(=O)c1c(C)[nH]c(C(=O)[C@@H](C)Sc2nnc(C)n2Cc2ccccc2)c1C. The summed E-state index contributed by atoms with van der Waals surface area (Å²) in [5.74, 6) is 0.238. The standard InChI is InChI=1S/C21H24N4O3S/c1-12-17(20(27)28-5)13(2)22-18(12)19(26)14(3)29-21-24-23-15(4)25(21)11-16-9-7-6-8-10-16/h6-10,14,22H,11H2,1-5H3/t14-/m1/s1. The maximum atomic E-state index is 13.1. The average Bonchev–Trinajstić information content (AvgIpc) is 3.20. The number of nitrogens with one attached hydrogen (secondary N) is 1. The molecule has 0 aliphatic rings. The van der Waals surface area contributed by atoms with Crippen LogP contribution < -0.4 is 0 Å². The molecule has 3 aromatic rings. The Morgan fingerprint density at radius 3 is 2.52 bits per heavy atom. The second-order valence-electron chi connectivity index (χ2n) is 6.84. The lowest BCUT2D eigenvalue weighted by molar-refractivity contribution is 0.0599. The van der Waals surface area contributed by atoms with Gasteiger partial charge in [-0.1, -0.05) is 42.1 Å². The summed E-state index contributed by atoms with van der Waals surface area (Å²) >= 11 is 1.35. The summed E-state index contributed by atoms with van der Waals surface area (Å²) in [6.45, 7) is 7.87. The lowest BCUT2D eigenvalue weighted by Crippen LogP contribution is -2.17. The number of aromatic amines is 1. The number of rotatable bonds is 7. The normalized spacial score (nSPS) is 12.0. The predicted octanol–water partition coefficient (Wildman–Crippen LogP) is 3.73. The molecule has 3 rings (SSSR count). The molecule has 0 spiro atoms. The van der Waals surface area contributed by atoms with Gasteiger partial charge in [0, 0.05) is 5.69 Å². The molecule has 7 nitrogen and oxygen atoms in total. The van der Waals surface area contributed by atoms with E-state index in [1.807, 2.05) is 48.7 Å². The number of ketones is 1. The van der Waals surface area contributed by atoms with Crippen LogP contribution in [0.5, 0.6) is 0 Å². The number of methoxy groups -OCH3 is 1. The minimum Gasteiger partial charge on any atom is -0.465 e. The van der Waals surface area contributed by atoms with Gasteiger partial charge in [0.25, 0.3) is 0 Å². The first-order valence-electron chi connectivity index (χ1n) is 9.25. The van der Waals surface area contributed by atoms with Gasteiger partial charge in [-0.15, -0.1) is 10.2 Å². The number of H-pyrrole nitrogens is 1. The monoisotopic (exact) mass is 412 g/mol. The van der Waals surface area contributed by atoms with Crippen LogP contribution in [-0.2, 0) is 11.3 Å². The number of Topliss-reactive ketones (excluding diaryl/α,β-unsaturated/α-hetero) is 1. The number of aryl methyl sites for hydroxylation is 2. The van der Waals surface area contributed by atoms with Crippen molar-refractivity contribution in [2.75, 3.05) is 7.11 Å². The first-order valence-corrected chi connectivity index (χ1v) is 10.1. The number of carbonyl (C=O) groups excluding carboxylic acids is 2. The van der Waals surface area contributed by atoms with E-state index in [-0.39, 0.29) is 5.78 Å². The van der Waals surface area contributed by atoms with Gasteiger partial charge in [-0.2, -0.15) is 0 Å². The van der Waals surface area contributed by atoms with E-state index in [4.69, 9.17) is 4.74 Å². The summed E-state index contributed by atoms with van der Waals surface area (Å²) in [6.07, 6.45) is 0. The average molecular weight is 413 g/mol. The number of benzene rings is 1. The Labute approximate surface area is 173 Å². The first-order chi connectivity index (χ1) is 13.8. The molecule has 0 fully saturated rings. The van der Waals surface area contributed by atoms with Crippen LogP contribution in [0.1, 0.15) is 50.4 Å². The van der Waals surface area contributed by atoms with Gasteiger partial charge in [-0.05, 0) is 38.8 Å². The molecule has 0 aliphatic heterocycles. The first kappa shape index (κ1) is 20.9. The highest BCUT2D eigenvalue weighted by Gasteiger charge is 2.27. The van der Waals surface area contributed by atoms with E-state index in [2.05, 4.69) is 15.2 Å². The molecule has 0 unspecified atom stereocenters. The van der Waals surface area contributed by atoms with E-state index in [9.17, 15) is 9.59 Å². The van der Waals surface area contributed by atoms with Crippen molar-refractivity contribution in [1.29, 1.82) is 0 Å². The third-order valence-electron chi connectivity index (χ3n) is 4.81. The van der Waals surface area contributed by atoms with Gasteiger partial charge in [0.05, 0.1) is 30.2 Å². The zero-order valence-electron chi connectivity index (χ0n) is 17.1. The van der Waals surface area contributed by atoms with Crippen LogP contribution in [0.25, 0.3) is 0 Å². The molecule has 0 radical (unpaired) electrons. The Morgan fingerprint density at radius 1 is 1.17 bits per heavy atom. The van der Waals surface area contributed by atoms with E-state index in [1.165, 1.54) is 18.9 Å². The summed E-state index contributed by atoms with van der Waals surface area (Å²) in [7, 11) is 1.33. The van der Waals surface area contributed by atoms with Crippen LogP contribution in [0.3, 0.4) is 0 Å². The number of thioether (sulfide) groups is 1. The molecule has 0 aliphatic carbocycles. The molecule has 2 aromatic heterocycles. The van der Waals surface area contributed by atoms with Gasteiger partial charge >= 0.3 is 5.97 Å². The van der Waals surface area contributed by atoms with Gasteiger partial charge in [0.15, 0.2) is 10.9 Å². The summed E-state index contributed by atoms with van der Waals surface area (Å²) in [5.41, 5.74) is 3.20. The molecule has 1 atom stereocenters. The topological polar surface area (TPSA) is 89.9 Å². The third kappa shape index (κ3) is 4.27. The summed E-state index contributed by atoms with van der Waals surface area (Å²) in [5, 5.41) is 8.71. The molecule has 1 N–H and O–H groups in total. The highest BCUT2D eigenvalue weighted by molar-refractivity contribution is 8.00. The van der Waals surface area contributed by atoms with E-state index < -0.39 is 11.2 Å². The summed E-state index contributed by atoms with van der Waals surface area (Å²) < 4.78 is 6.82. The van der Waals surface area contributed by atoms with Crippen molar-refractivity contribution >= 4 is 23.5 Å². The molecule has 0 bridgehead atoms. The second-order valence-corrected chi connectivity index (χ2v) is 8.15. The van der Waals surface area contributed by atoms with Crippen LogP contribution in [0.4, 0.5) is 0 Å². The van der Waals surface area contributed by atoms with Crippen LogP contribution in [0.2, 0.25) is 0 Å². The van der Waals surface area contributed by atoms with Crippen LogP contribution in [0, 0.1) is 20.8 Å². The number of hydrogen-bond acceptors (Lipinski definition) is 6. The summed E-state index contributed by atoms with van der Waals surface area (Å²) in [4.78, 5) is 28.1. The molecule has 2 heterocycles. The van der Waals surface area contributed by atoms with E-state index in [1.54, 1.807) is 13.8 Å². The number of aromatic nitrogens is 4. The number of esters is 1. The van der Waals surface area contributed by atoms with E-state index in [0.717, 1.165) is 11.4 Å². The molecular formula is C21H24N4O3S. The van der Waals surface area contributed by atoms with Crippen molar-refractivity contribution in [2.24, 2.45) is 0 Å². The maximum Gasteiger partial charge on any atom is 0.339 e. The molecule has 8 heteroatoms. The molecule has 152 valence electrons.